The average Bonchev–Trinajstić information content (AvgIpc) is 2.28. The van der Waals surface area contributed by atoms with E-state index in [1.165, 1.54) is 6.07 Å². The lowest BCUT2D eigenvalue weighted by Crippen LogP contribution is -2.19. The van der Waals surface area contributed by atoms with Crippen LogP contribution in [-0.2, 0) is 26.9 Å². The first kappa shape index (κ1) is 14.8. The van der Waals surface area contributed by atoms with Crippen LogP contribution in [0.3, 0.4) is 0 Å². The number of carbonyl (C=O) groups is 1. The van der Waals surface area contributed by atoms with E-state index in [9.17, 15) is 22.5 Å². The summed E-state index contributed by atoms with van der Waals surface area (Å²) < 4.78 is 53.5. The first-order valence-electron chi connectivity index (χ1n) is 5.06. The van der Waals surface area contributed by atoms with Crippen molar-refractivity contribution in [1.82, 2.24) is 0 Å². The Bertz CT molecular complexity index is 420. The monoisotopic (exact) mass is 280 g/mol. The minimum Gasteiger partial charge on any atom is -0.611 e. The lowest BCUT2D eigenvalue weighted by molar-refractivity contribution is -0.140. The number of hydrogen-bond donors (Lipinski definition) is 0. The fourth-order valence-corrected chi connectivity index (χ4v) is 2.16. The molecule has 1 rings (SSSR count). The molecule has 0 spiro atoms. The Morgan fingerprint density at radius 3 is 2.67 bits per heavy atom. The molecule has 0 N–H and O–H groups in total. The van der Waals surface area contributed by atoms with Gasteiger partial charge < -0.3 is 9.29 Å². The van der Waals surface area contributed by atoms with Gasteiger partial charge in [0.05, 0.1) is 12.2 Å². The van der Waals surface area contributed by atoms with Crippen molar-refractivity contribution in [2.75, 3.05) is 12.4 Å². The van der Waals surface area contributed by atoms with Crippen molar-refractivity contribution in [3.8, 4) is 0 Å². The van der Waals surface area contributed by atoms with Gasteiger partial charge in [-0.15, -0.1) is 0 Å². The van der Waals surface area contributed by atoms with Crippen LogP contribution in [0.2, 0.25) is 0 Å². The number of hydrogen-bond acceptors (Lipinski definition) is 3. The number of rotatable bonds is 4. The van der Waals surface area contributed by atoms with Gasteiger partial charge in [0.15, 0.2) is 4.90 Å². The van der Waals surface area contributed by atoms with Crippen molar-refractivity contribution >= 4 is 17.1 Å². The van der Waals surface area contributed by atoms with E-state index >= 15 is 0 Å². The van der Waals surface area contributed by atoms with E-state index in [2.05, 4.69) is 4.74 Å². The van der Waals surface area contributed by atoms with E-state index in [-0.39, 0.29) is 11.5 Å². The molecule has 1 aromatic carbocycles. The topological polar surface area (TPSA) is 49.4 Å². The molecule has 0 aliphatic heterocycles. The van der Waals surface area contributed by atoms with Crippen LogP contribution >= 0.6 is 0 Å². The van der Waals surface area contributed by atoms with Crippen LogP contribution in [0.1, 0.15) is 12.5 Å². The normalized spacial score (nSPS) is 13.2. The van der Waals surface area contributed by atoms with Crippen molar-refractivity contribution in [2.24, 2.45) is 0 Å². The second-order valence-corrected chi connectivity index (χ2v) is 4.77. The van der Waals surface area contributed by atoms with Gasteiger partial charge in [-0.05, 0) is 30.2 Å². The zero-order valence-electron chi connectivity index (χ0n) is 9.49. The molecule has 0 bridgehead atoms. The molecule has 100 valence electrons. The summed E-state index contributed by atoms with van der Waals surface area (Å²) in [5.41, 5.74) is -0.891. The largest absolute Gasteiger partial charge is 0.611 e. The standard InChI is InChI=1S/C11H11F3O3S/c1-2-17-10(15)7-18(16)9-5-3-4-8(6-9)11(12,13)14/h3-6H,2,7H2,1H3. The van der Waals surface area contributed by atoms with Crippen LogP contribution in [0.15, 0.2) is 29.2 Å². The summed E-state index contributed by atoms with van der Waals surface area (Å²) in [6.07, 6.45) is -4.50. The van der Waals surface area contributed by atoms with Gasteiger partial charge in [-0.1, -0.05) is 6.07 Å². The third-order valence-electron chi connectivity index (χ3n) is 1.98. The smallest absolute Gasteiger partial charge is 0.416 e. The predicted octanol–water partition coefficient (Wildman–Crippen LogP) is 2.38. The highest BCUT2D eigenvalue weighted by Crippen LogP contribution is 2.30. The number of esters is 1. The van der Waals surface area contributed by atoms with Gasteiger partial charge in [0.1, 0.15) is 0 Å². The molecule has 0 fully saturated rings. The second kappa shape index (κ2) is 6.10. The molecule has 0 radical (unpaired) electrons. The van der Waals surface area contributed by atoms with Gasteiger partial charge in [0.2, 0.25) is 5.75 Å². The maximum Gasteiger partial charge on any atom is 0.416 e. The molecular weight excluding hydrogens is 269 g/mol. The zero-order chi connectivity index (χ0) is 13.8. The van der Waals surface area contributed by atoms with Gasteiger partial charge in [0.25, 0.3) is 0 Å². The molecule has 18 heavy (non-hydrogen) atoms. The summed E-state index contributed by atoms with van der Waals surface area (Å²) in [5, 5.41) is 0. The SMILES string of the molecule is CCOC(=O)C[S+]([O-])c1cccc(C(F)(F)F)c1. The minimum absolute atomic E-state index is 0.0436. The molecule has 0 saturated heterocycles. The molecule has 0 amide bonds. The lowest BCUT2D eigenvalue weighted by atomic mass is 10.2. The first-order chi connectivity index (χ1) is 8.34. The maximum absolute atomic E-state index is 12.4. The van der Waals surface area contributed by atoms with Crippen LogP contribution in [0.25, 0.3) is 0 Å². The summed E-state index contributed by atoms with van der Waals surface area (Å²) in [7, 11) is 0. The van der Waals surface area contributed by atoms with Gasteiger partial charge in [-0.3, -0.25) is 0 Å². The van der Waals surface area contributed by atoms with Gasteiger partial charge in [-0.25, -0.2) is 4.79 Å². The van der Waals surface area contributed by atoms with Crippen molar-refractivity contribution < 1.29 is 27.3 Å². The highest BCUT2D eigenvalue weighted by molar-refractivity contribution is 7.92. The Labute approximate surface area is 105 Å². The van der Waals surface area contributed by atoms with Crippen molar-refractivity contribution in [1.29, 1.82) is 0 Å². The molecule has 0 heterocycles. The Morgan fingerprint density at radius 1 is 1.44 bits per heavy atom. The Balaban J connectivity index is 2.80. The van der Waals surface area contributed by atoms with Crippen LogP contribution in [0.5, 0.6) is 0 Å². The summed E-state index contributed by atoms with van der Waals surface area (Å²) in [6.45, 7) is 1.73. The van der Waals surface area contributed by atoms with Crippen LogP contribution in [0.4, 0.5) is 13.2 Å². The van der Waals surface area contributed by atoms with E-state index in [0.29, 0.717) is 0 Å². The Morgan fingerprint density at radius 2 is 2.11 bits per heavy atom. The third-order valence-corrected chi connectivity index (χ3v) is 3.26. The quantitative estimate of drug-likeness (QED) is 0.628. The van der Waals surface area contributed by atoms with E-state index < -0.39 is 34.6 Å². The van der Waals surface area contributed by atoms with Crippen molar-refractivity contribution in [3.63, 3.8) is 0 Å². The van der Waals surface area contributed by atoms with Gasteiger partial charge in [-0.2, -0.15) is 13.2 Å². The van der Waals surface area contributed by atoms with E-state index in [1.807, 2.05) is 0 Å². The summed E-state index contributed by atoms with van der Waals surface area (Å²) >= 11 is -1.83. The average molecular weight is 280 g/mol. The summed E-state index contributed by atoms with van der Waals surface area (Å²) in [5.74, 6) is -1.15. The van der Waals surface area contributed by atoms with Gasteiger partial charge in [0, 0.05) is 6.07 Å². The number of halogens is 3. The molecule has 7 heteroatoms. The number of alkyl halides is 3. The Hall–Kier alpha value is -1.21. The van der Waals surface area contributed by atoms with Gasteiger partial charge >= 0.3 is 12.1 Å². The fourth-order valence-electron chi connectivity index (χ4n) is 1.21. The molecule has 1 aromatic rings. The second-order valence-electron chi connectivity index (χ2n) is 3.32. The summed E-state index contributed by atoms with van der Waals surface area (Å²) in [4.78, 5) is 11.0. The predicted molar refractivity (Wildman–Crippen MR) is 59.4 cm³/mol. The zero-order valence-corrected chi connectivity index (χ0v) is 10.3. The minimum atomic E-state index is -4.50. The highest BCUT2D eigenvalue weighted by Gasteiger charge is 2.32. The van der Waals surface area contributed by atoms with Crippen molar-refractivity contribution in [2.45, 2.75) is 18.0 Å². The van der Waals surface area contributed by atoms with Crippen LogP contribution < -0.4 is 0 Å². The molecule has 0 aromatic heterocycles. The molecule has 3 nitrogen and oxygen atoms in total. The van der Waals surface area contributed by atoms with E-state index in [0.717, 1.165) is 18.2 Å². The highest BCUT2D eigenvalue weighted by atomic mass is 32.2. The Kier molecular flexibility index (Phi) is 5.03. The lowest BCUT2D eigenvalue weighted by Gasteiger charge is -2.12. The van der Waals surface area contributed by atoms with E-state index in [4.69, 9.17) is 0 Å². The third kappa shape index (κ3) is 4.23. The molecule has 0 saturated carbocycles. The van der Waals surface area contributed by atoms with Crippen LogP contribution in [0, 0.1) is 0 Å². The molecule has 0 aliphatic carbocycles. The number of ether oxygens (including phenoxy) is 1. The summed E-state index contributed by atoms with van der Waals surface area (Å²) in [6, 6.07) is 4.09. The number of benzene rings is 1. The van der Waals surface area contributed by atoms with Crippen LogP contribution in [-0.4, -0.2) is 22.9 Å². The maximum atomic E-state index is 12.4. The first-order valence-corrected chi connectivity index (χ1v) is 6.37. The molecular formula is C11H11F3O3S. The molecule has 1 unspecified atom stereocenters. The van der Waals surface area contributed by atoms with Crippen molar-refractivity contribution in [3.05, 3.63) is 29.8 Å². The molecule has 0 aliphatic rings. The van der Waals surface area contributed by atoms with E-state index in [1.54, 1.807) is 6.92 Å². The number of carbonyl (C=O) groups excluding carboxylic acids is 1. The molecule has 1 atom stereocenters. The fraction of sp³-hybridized carbons (Fsp3) is 0.364.